The molecule has 2 aromatic carbocycles. The second-order valence-corrected chi connectivity index (χ2v) is 7.64. The van der Waals surface area contributed by atoms with Gasteiger partial charge in [0.2, 0.25) is 0 Å². The number of aryl methyl sites for hydroxylation is 2. The predicted molar refractivity (Wildman–Crippen MR) is 106 cm³/mol. The summed E-state index contributed by atoms with van der Waals surface area (Å²) in [6, 6.07) is 11.9. The van der Waals surface area contributed by atoms with Crippen LogP contribution in [-0.2, 0) is 7.05 Å². The van der Waals surface area contributed by atoms with Crippen LogP contribution in [0.15, 0.2) is 47.5 Å². The average Bonchev–Trinajstić information content (AvgIpc) is 2.89. The molecule has 3 aromatic rings. The Hall–Kier alpha value is -2.77. The van der Waals surface area contributed by atoms with Crippen molar-refractivity contribution < 1.29 is 9.72 Å². The largest absolute Gasteiger partial charge is 0.319 e. The van der Waals surface area contributed by atoms with Gasteiger partial charge in [-0.05, 0) is 25.5 Å². The third-order valence-electron chi connectivity index (χ3n) is 4.12. The number of amides is 1. The lowest BCUT2D eigenvalue weighted by molar-refractivity contribution is -0.384. The molecule has 0 spiro atoms. The number of thiazole rings is 1. The summed E-state index contributed by atoms with van der Waals surface area (Å²) in [4.78, 5) is 28.5. The molecule has 1 heterocycles. The van der Waals surface area contributed by atoms with Gasteiger partial charge in [0.1, 0.15) is 0 Å². The molecule has 6 nitrogen and oxygen atoms in total. The Kier molecular flexibility index (Phi) is 5.25. The Bertz CT molecular complexity index is 1110. The third-order valence-corrected chi connectivity index (χ3v) is 5.48. The summed E-state index contributed by atoms with van der Waals surface area (Å²) in [6.07, 6.45) is 0. The summed E-state index contributed by atoms with van der Waals surface area (Å²) < 4.78 is 1.86. The average molecular weight is 402 g/mol. The van der Waals surface area contributed by atoms with E-state index in [0.717, 1.165) is 22.2 Å². The molecular formula is C19H16ClN3O3S. The van der Waals surface area contributed by atoms with Crippen LogP contribution in [0.3, 0.4) is 0 Å². The molecule has 0 aliphatic rings. The molecule has 0 atom stereocenters. The topological polar surface area (TPSA) is 77.5 Å². The van der Waals surface area contributed by atoms with E-state index < -0.39 is 10.8 Å². The molecule has 0 saturated heterocycles. The quantitative estimate of drug-likeness (QED) is 0.472. The molecule has 0 unspecified atom stereocenters. The molecule has 1 amide bonds. The van der Waals surface area contributed by atoms with E-state index in [9.17, 15) is 14.9 Å². The van der Waals surface area contributed by atoms with E-state index in [-0.39, 0.29) is 16.3 Å². The second kappa shape index (κ2) is 7.46. The molecule has 3 rings (SSSR count). The van der Waals surface area contributed by atoms with Crippen molar-refractivity contribution in [1.29, 1.82) is 0 Å². The van der Waals surface area contributed by atoms with E-state index in [0.29, 0.717) is 4.80 Å². The van der Waals surface area contributed by atoms with Gasteiger partial charge < -0.3 is 4.57 Å². The number of carbonyl (C=O) groups is 1. The fourth-order valence-corrected chi connectivity index (χ4v) is 3.97. The number of nitrogens with zero attached hydrogens (tertiary/aromatic N) is 3. The van der Waals surface area contributed by atoms with Crippen molar-refractivity contribution in [2.24, 2.45) is 12.0 Å². The molecule has 0 fully saturated rings. The highest BCUT2D eigenvalue weighted by Gasteiger charge is 2.16. The Morgan fingerprint density at radius 1 is 1.19 bits per heavy atom. The number of rotatable bonds is 3. The number of hydrogen-bond donors (Lipinski definition) is 0. The number of aromatic nitrogens is 1. The maximum Gasteiger partial charge on any atom is 0.281 e. The summed E-state index contributed by atoms with van der Waals surface area (Å²) >= 11 is 7.43. The van der Waals surface area contributed by atoms with Crippen LogP contribution >= 0.6 is 22.9 Å². The highest BCUT2D eigenvalue weighted by molar-refractivity contribution is 7.09. The van der Waals surface area contributed by atoms with Crippen LogP contribution in [0, 0.1) is 24.0 Å². The number of non-ortho nitro benzene ring substituents is 1. The monoisotopic (exact) mass is 401 g/mol. The van der Waals surface area contributed by atoms with E-state index in [2.05, 4.69) is 4.99 Å². The van der Waals surface area contributed by atoms with Gasteiger partial charge in [-0.2, -0.15) is 4.99 Å². The summed E-state index contributed by atoms with van der Waals surface area (Å²) in [7, 11) is 1.85. The minimum atomic E-state index is -0.562. The molecular weight excluding hydrogens is 386 g/mol. The summed E-state index contributed by atoms with van der Waals surface area (Å²) in [5, 5.41) is 10.8. The van der Waals surface area contributed by atoms with Crippen LogP contribution < -0.4 is 4.80 Å². The van der Waals surface area contributed by atoms with Crippen LogP contribution in [-0.4, -0.2) is 15.4 Å². The van der Waals surface area contributed by atoms with E-state index in [1.54, 1.807) is 0 Å². The fraction of sp³-hybridized carbons (Fsp3) is 0.158. The van der Waals surface area contributed by atoms with Crippen molar-refractivity contribution in [3.63, 3.8) is 0 Å². The lowest BCUT2D eigenvalue weighted by atomic mass is 10.1. The number of nitro groups is 1. The first-order valence-corrected chi connectivity index (χ1v) is 9.24. The lowest BCUT2D eigenvalue weighted by Gasteiger charge is -2.05. The maximum atomic E-state index is 12.5. The van der Waals surface area contributed by atoms with Crippen molar-refractivity contribution >= 4 is 34.5 Å². The van der Waals surface area contributed by atoms with Crippen molar-refractivity contribution in [1.82, 2.24) is 4.57 Å². The van der Waals surface area contributed by atoms with Gasteiger partial charge in [0, 0.05) is 24.1 Å². The number of halogens is 1. The molecule has 8 heteroatoms. The zero-order valence-electron chi connectivity index (χ0n) is 14.9. The highest BCUT2D eigenvalue weighted by Crippen LogP contribution is 2.26. The Morgan fingerprint density at radius 2 is 1.85 bits per heavy atom. The molecule has 138 valence electrons. The van der Waals surface area contributed by atoms with Gasteiger partial charge in [-0.25, -0.2) is 0 Å². The van der Waals surface area contributed by atoms with E-state index in [4.69, 9.17) is 11.6 Å². The van der Waals surface area contributed by atoms with Crippen molar-refractivity contribution in [2.45, 2.75) is 13.8 Å². The molecule has 0 bridgehead atoms. The van der Waals surface area contributed by atoms with Crippen molar-refractivity contribution in [3.05, 3.63) is 78.4 Å². The smallest absolute Gasteiger partial charge is 0.281 e. The van der Waals surface area contributed by atoms with Crippen LogP contribution in [0.5, 0.6) is 0 Å². The summed E-state index contributed by atoms with van der Waals surface area (Å²) in [6.45, 7) is 4.00. The van der Waals surface area contributed by atoms with Crippen molar-refractivity contribution in [3.8, 4) is 11.3 Å². The molecule has 0 aliphatic heterocycles. The van der Waals surface area contributed by atoms with Gasteiger partial charge in [-0.15, -0.1) is 11.3 Å². The van der Waals surface area contributed by atoms with Gasteiger partial charge >= 0.3 is 0 Å². The van der Waals surface area contributed by atoms with Gasteiger partial charge in [0.05, 0.1) is 21.2 Å². The molecule has 0 N–H and O–H groups in total. The van der Waals surface area contributed by atoms with Crippen LogP contribution in [0.2, 0.25) is 5.02 Å². The summed E-state index contributed by atoms with van der Waals surface area (Å²) in [5.41, 5.74) is 3.16. The van der Waals surface area contributed by atoms with Crippen LogP contribution in [0.1, 0.15) is 20.8 Å². The summed E-state index contributed by atoms with van der Waals surface area (Å²) in [5.74, 6) is -0.540. The predicted octanol–water partition coefficient (Wildman–Crippen LogP) is 4.67. The maximum absolute atomic E-state index is 12.5. The standard InChI is InChI=1S/C19H16ClN3O3S/c1-11-4-6-13(7-5-11)17-12(2)27-19(22(17)3)21-18(24)15-9-8-14(23(25)26)10-16(15)20/h4-10H,1-3H3. The first-order valence-electron chi connectivity index (χ1n) is 8.04. The van der Waals surface area contributed by atoms with Gasteiger partial charge in [-0.3, -0.25) is 14.9 Å². The van der Waals surface area contributed by atoms with Crippen LogP contribution in [0.4, 0.5) is 5.69 Å². The fourth-order valence-electron chi connectivity index (χ4n) is 2.73. The minimum Gasteiger partial charge on any atom is -0.319 e. The molecule has 0 saturated carbocycles. The number of benzene rings is 2. The molecule has 0 radical (unpaired) electrons. The molecule has 27 heavy (non-hydrogen) atoms. The van der Waals surface area contributed by atoms with E-state index in [1.165, 1.54) is 29.0 Å². The first kappa shape index (κ1) is 19.0. The van der Waals surface area contributed by atoms with Gasteiger partial charge in [0.15, 0.2) is 4.80 Å². The van der Waals surface area contributed by atoms with Crippen LogP contribution in [0.25, 0.3) is 11.3 Å². The Balaban J connectivity index is 2.03. The number of hydrogen-bond acceptors (Lipinski definition) is 4. The molecule has 0 aliphatic carbocycles. The van der Waals surface area contributed by atoms with E-state index in [1.807, 2.05) is 49.7 Å². The number of carbonyl (C=O) groups excluding carboxylic acids is 1. The van der Waals surface area contributed by atoms with E-state index >= 15 is 0 Å². The highest BCUT2D eigenvalue weighted by atomic mass is 35.5. The van der Waals surface area contributed by atoms with Crippen molar-refractivity contribution in [2.75, 3.05) is 0 Å². The minimum absolute atomic E-state index is 0.00707. The zero-order valence-corrected chi connectivity index (χ0v) is 16.5. The third kappa shape index (κ3) is 3.84. The lowest BCUT2D eigenvalue weighted by Crippen LogP contribution is -2.14. The normalized spacial score (nSPS) is 11.6. The second-order valence-electron chi connectivity index (χ2n) is 6.05. The van der Waals surface area contributed by atoms with Gasteiger partial charge in [-0.1, -0.05) is 41.4 Å². The Morgan fingerprint density at radius 3 is 2.44 bits per heavy atom. The zero-order chi connectivity index (χ0) is 19.7. The first-order chi connectivity index (χ1) is 12.8. The van der Waals surface area contributed by atoms with Gasteiger partial charge in [0.25, 0.3) is 11.6 Å². The molecule has 1 aromatic heterocycles. The number of nitro benzene ring substituents is 1. The SMILES string of the molecule is Cc1ccc(-c2c(C)sc(=NC(=O)c3ccc([N+](=O)[O-])cc3Cl)n2C)cc1. The Labute approximate surface area is 164 Å².